The topological polar surface area (TPSA) is 19.4 Å². The lowest BCUT2D eigenvalue weighted by atomic mass is 10.1. The van der Waals surface area contributed by atoms with E-state index in [1.165, 1.54) is 61.9 Å². The van der Waals surface area contributed by atoms with E-state index in [0.717, 1.165) is 10.5 Å². The molecule has 1 aromatic rings. The first-order chi connectivity index (χ1) is 10.7. The van der Waals surface area contributed by atoms with E-state index in [9.17, 15) is 0 Å². The number of thioether (sulfide) groups is 2. The molecule has 0 amide bonds. The molecule has 0 aromatic carbocycles. The third-order valence-electron chi connectivity index (χ3n) is 4.60. The van der Waals surface area contributed by atoms with Crippen LogP contribution in [0.25, 0.3) is 0 Å². The van der Waals surface area contributed by atoms with Crippen molar-refractivity contribution in [2.75, 3.05) is 40.3 Å². The Hall–Kier alpha value is -0.230. The summed E-state index contributed by atoms with van der Waals surface area (Å²) in [6.07, 6.45) is 5.15. The maximum atomic E-state index is 4.90. The molecule has 0 unspecified atom stereocenters. The minimum absolute atomic E-state index is 0.743. The fourth-order valence-electron chi connectivity index (χ4n) is 3.07. The molecule has 3 nitrogen and oxygen atoms in total. The first-order valence-electron chi connectivity index (χ1n) is 8.36. The molecule has 3 heterocycles. The SMILES string of the molecule is CN1CCC(Sc2cccc(SC3CCN(C)CC3)n2)CC1. The van der Waals surface area contributed by atoms with Crippen LogP contribution in [0.15, 0.2) is 28.3 Å². The van der Waals surface area contributed by atoms with Crippen molar-refractivity contribution < 1.29 is 0 Å². The number of nitrogens with zero attached hydrogens (tertiary/aromatic N) is 3. The molecule has 2 fully saturated rings. The van der Waals surface area contributed by atoms with Crippen LogP contribution in [0.5, 0.6) is 0 Å². The average molecular weight is 338 g/mol. The van der Waals surface area contributed by atoms with Gasteiger partial charge < -0.3 is 9.80 Å². The summed E-state index contributed by atoms with van der Waals surface area (Å²) in [5, 5.41) is 3.92. The Balaban J connectivity index is 1.53. The van der Waals surface area contributed by atoms with E-state index in [2.05, 4.69) is 42.1 Å². The van der Waals surface area contributed by atoms with Crippen LogP contribution < -0.4 is 0 Å². The van der Waals surface area contributed by atoms with Gasteiger partial charge in [0, 0.05) is 10.5 Å². The van der Waals surface area contributed by atoms with E-state index in [-0.39, 0.29) is 0 Å². The molecule has 0 saturated carbocycles. The van der Waals surface area contributed by atoms with Gasteiger partial charge in [-0.25, -0.2) is 4.98 Å². The highest BCUT2D eigenvalue weighted by Gasteiger charge is 2.20. The highest BCUT2D eigenvalue weighted by molar-refractivity contribution is 8.00. The normalized spacial score (nSPS) is 23.0. The van der Waals surface area contributed by atoms with Gasteiger partial charge in [-0.1, -0.05) is 6.07 Å². The van der Waals surface area contributed by atoms with E-state index in [1.54, 1.807) is 0 Å². The van der Waals surface area contributed by atoms with Crippen molar-refractivity contribution in [1.29, 1.82) is 0 Å². The van der Waals surface area contributed by atoms with Crippen LogP contribution in [0.2, 0.25) is 0 Å². The van der Waals surface area contributed by atoms with Gasteiger partial charge in [0.2, 0.25) is 0 Å². The van der Waals surface area contributed by atoms with Gasteiger partial charge in [0.1, 0.15) is 0 Å². The highest BCUT2D eigenvalue weighted by atomic mass is 32.2. The second-order valence-electron chi connectivity index (χ2n) is 6.56. The highest BCUT2D eigenvalue weighted by Crippen LogP contribution is 2.33. The Morgan fingerprint density at radius 2 is 1.23 bits per heavy atom. The van der Waals surface area contributed by atoms with Crippen molar-refractivity contribution in [3.63, 3.8) is 0 Å². The Kier molecular flexibility index (Phi) is 6.08. The second-order valence-corrected chi connectivity index (χ2v) is 9.20. The van der Waals surface area contributed by atoms with Gasteiger partial charge >= 0.3 is 0 Å². The number of aromatic nitrogens is 1. The Labute approximate surface area is 143 Å². The molecule has 2 aliphatic rings. The van der Waals surface area contributed by atoms with Crippen LogP contribution in [-0.4, -0.2) is 65.6 Å². The number of hydrogen-bond acceptors (Lipinski definition) is 5. The van der Waals surface area contributed by atoms with Crippen LogP contribution in [0.1, 0.15) is 25.7 Å². The molecular formula is C17H27N3S2. The second kappa shape index (κ2) is 8.04. The lowest BCUT2D eigenvalue weighted by Gasteiger charge is -2.29. The minimum atomic E-state index is 0.743. The Bertz CT molecular complexity index is 427. The van der Waals surface area contributed by atoms with Crippen molar-refractivity contribution in [2.45, 2.75) is 46.2 Å². The summed E-state index contributed by atoms with van der Waals surface area (Å²) in [4.78, 5) is 9.75. The smallest absolute Gasteiger partial charge is 0.0976 e. The summed E-state index contributed by atoms with van der Waals surface area (Å²) in [5.41, 5.74) is 0. The quantitative estimate of drug-likeness (QED) is 0.835. The summed E-state index contributed by atoms with van der Waals surface area (Å²) >= 11 is 3.97. The number of rotatable bonds is 4. The fourth-order valence-corrected chi connectivity index (χ4v) is 5.32. The zero-order valence-corrected chi connectivity index (χ0v) is 15.3. The van der Waals surface area contributed by atoms with Crippen molar-refractivity contribution in [3.8, 4) is 0 Å². The molecule has 5 heteroatoms. The summed E-state index contributed by atoms with van der Waals surface area (Å²) in [7, 11) is 4.44. The molecule has 0 N–H and O–H groups in total. The van der Waals surface area contributed by atoms with E-state index in [0.29, 0.717) is 0 Å². The molecule has 0 aliphatic carbocycles. The van der Waals surface area contributed by atoms with E-state index < -0.39 is 0 Å². The molecule has 0 spiro atoms. The molecule has 0 bridgehead atoms. The maximum Gasteiger partial charge on any atom is 0.0976 e. The molecule has 1 aromatic heterocycles. The fraction of sp³-hybridized carbons (Fsp3) is 0.706. The van der Waals surface area contributed by atoms with Gasteiger partial charge in [0.05, 0.1) is 10.1 Å². The third-order valence-corrected chi connectivity index (χ3v) is 7.15. The third kappa shape index (κ3) is 4.88. The van der Waals surface area contributed by atoms with E-state index in [4.69, 9.17) is 4.98 Å². The summed E-state index contributed by atoms with van der Waals surface area (Å²) in [6.45, 7) is 4.90. The first kappa shape index (κ1) is 16.6. The van der Waals surface area contributed by atoms with Crippen LogP contribution in [0.4, 0.5) is 0 Å². The van der Waals surface area contributed by atoms with Crippen LogP contribution in [-0.2, 0) is 0 Å². The van der Waals surface area contributed by atoms with Crippen molar-refractivity contribution in [2.24, 2.45) is 0 Å². The summed E-state index contributed by atoms with van der Waals surface area (Å²) < 4.78 is 0. The van der Waals surface area contributed by atoms with Gasteiger partial charge in [-0.05, 0) is 78.1 Å². The Morgan fingerprint density at radius 3 is 1.64 bits per heavy atom. The first-order valence-corrected chi connectivity index (χ1v) is 10.1. The molecule has 2 saturated heterocycles. The van der Waals surface area contributed by atoms with Crippen LogP contribution >= 0.6 is 23.5 Å². The maximum absolute atomic E-state index is 4.90. The molecule has 0 atom stereocenters. The Morgan fingerprint density at radius 1 is 0.818 bits per heavy atom. The number of likely N-dealkylation sites (tertiary alicyclic amines) is 2. The van der Waals surface area contributed by atoms with Crippen molar-refractivity contribution in [1.82, 2.24) is 14.8 Å². The average Bonchev–Trinajstić information content (AvgIpc) is 2.52. The number of piperidine rings is 2. The summed E-state index contributed by atoms with van der Waals surface area (Å²) in [6, 6.07) is 6.55. The molecule has 22 heavy (non-hydrogen) atoms. The lowest BCUT2D eigenvalue weighted by Crippen LogP contribution is -2.31. The predicted octanol–water partition coefficient (Wildman–Crippen LogP) is 3.45. The minimum Gasteiger partial charge on any atom is -0.306 e. The van der Waals surface area contributed by atoms with Gasteiger partial charge in [-0.3, -0.25) is 0 Å². The standard InChI is InChI=1S/C17H27N3S2/c1-19-10-6-14(7-11-19)21-16-4-3-5-17(18-16)22-15-8-12-20(2)13-9-15/h3-5,14-15H,6-13H2,1-2H3. The zero-order chi connectivity index (χ0) is 15.4. The largest absolute Gasteiger partial charge is 0.306 e. The van der Waals surface area contributed by atoms with Crippen LogP contribution in [0, 0.1) is 0 Å². The lowest BCUT2D eigenvalue weighted by molar-refractivity contribution is 0.282. The van der Waals surface area contributed by atoms with Gasteiger partial charge in [-0.15, -0.1) is 23.5 Å². The molecule has 122 valence electrons. The zero-order valence-electron chi connectivity index (χ0n) is 13.7. The predicted molar refractivity (Wildman–Crippen MR) is 97.0 cm³/mol. The molecule has 0 radical (unpaired) electrons. The number of hydrogen-bond donors (Lipinski definition) is 0. The summed E-state index contributed by atoms with van der Waals surface area (Å²) in [5.74, 6) is 0. The van der Waals surface area contributed by atoms with Gasteiger partial charge in [-0.2, -0.15) is 0 Å². The number of pyridine rings is 1. The van der Waals surface area contributed by atoms with E-state index in [1.807, 2.05) is 23.5 Å². The van der Waals surface area contributed by atoms with Gasteiger partial charge in [0.15, 0.2) is 0 Å². The van der Waals surface area contributed by atoms with Gasteiger partial charge in [0.25, 0.3) is 0 Å². The van der Waals surface area contributed by atoms with Crippen LogP contribution in [0.3, 0.4) is 0 Å². The monoisotopic (exact) mass is 337 g/mol. The van der Waals surface area contributed by atoms with E-state index >= 15 is 0 Å². The molecular weight excluding hydrogens is 310 g/mol. The molecule has 3 rings (SSSR count). The van der Waals surface area contributed by atoms with Crippen molar-refractivity contribution >= 4 is 23.5 Å². The van der Waals surface area contributed by atoms with Crippen molar-refractivity contribution in [3.05, 3.63) is 18.2 Å². The molecule has 2 aliphatic heterocycles.